The molecule has 1 saturated carbocycles. The zero-order chi connectivity index (χ0) is 41.7. The normalized spacial score (nSPS) is 13.8. The molecule has 63 heavy (non-hydrogen) atoms. The van der Waals surface area contributed by atoms with Crippen molar-refractivity contribution in [2.24, 2.45) is 0 Å². The molecule has 0 atom stereocenters. The van der Waals surface area contributed by atoms with Crippen molar-refractivity contribution in [2.75, 3.05) is 4.90 Å². The van der Waals surface area contributed by atoms with Crippen LogP contribution in [0, 0.1) is 0 Å². The van der Waals surface area contributed by atoms with Gasteiger partial charge in [0.25, 0.3) is 0 Å². The van der Waals surface area contributed by atoms with E-state index in [0.29, 0.717) is 0 Å². The van der Waals surface area contributed by atoms with Gasteiger partial charge in [0.05, 0.1) is 5.69 Å². The Balaban J connectivity index is 1.06. The number of hydrogen-bond donors (Lipinski definition) is 0. The Morgan fingerprint density at radius 2 is 0.825 bits per heavy atom. The molecule has 2 aliphatic carbocycles. The summed E-state index contributed by atoms with van der Waals surface area (Å²) in [6.45, 7) is 0. The Morgan fingerprint density at radius 1 is 0.302 bits per heavy atom. The molecule has 0 saturated heterocycles. The second-order valence-electron chi connectivity index (χ2n) is 17.5. The third kappa shape index (κ3) is 6.22. The minimum atomic E-state index is 0.0418. The van der Waals surface area contributed by atoms with E-state index in [1.807, 2.05) is 0 Å². The van der Waals surface area contributed by atoms with Crippen molar-refractivity contribution in [1.82, 2.24) is 0 Å². The summed E-state index contributed by atoms with van der Waals surface area (Å²) in [6.07, 6.45) is 6.22. The van der Waals surface area contributed by atoms with Crippen LogP contribution in [0.15, 0.2) is 224 Å². The van der Waals surface area contributed by atoms with Crippen molar-refractivity contribution in [1.29, 1.82) is 0 Å². The SMILES string of the molecule is c1ccc(-c2ccccc2-c2ccccc2-c2ccccc2N(c2ccc(-c3cc4ccccc4c4ccccc34)cc2)c2ccc3c(c2)C2(CCCCC2)c2ccccc2-3)cc1. The van der Waals surface area contributed by atoms with E-state index in [1.165, 1.54) is 126 Å². The maximum absolute atomic E-state index is 2.55. The summed E-state index contributed by atoms with van der Waals surface area (Å²) in [5.74, 6) is 0. The molecular weight excluding hydrogens is 759 g/mol. The first-order valence-electron chi connectivity index (χ1n) is 22.6. The van der Waals surface area contributed by atoms with E-state index >= 15 is 0 Å². The van der Waals surface area contributed by atoms with Gasteiger partial charge in [-0.15, -0.1) is 0 Å². The molecule has 0 N–H and O–H groups in total. The third-order valence-corrected chi connectivity index (χ3v) is 14.1. The Bertz CT molecular complexity index is 3320. The molecule has 1 heteroatoms. The molecule has 0 aliphatic heterocycles. The minimum Gasteiger partial charge on any atom is -0.310 e. The van der Waals surface area contributed by atoms with Gasteiger partial charge >= 0.3 is 0 Å². The lowest BCUT2D eigenvalue weighted by atomic mass is 9.68. The van der Waals surface area contributed by atoms with Crippen LogP contribution in [0.3, 0.4) is 0 Å². The van der Waals surface area contributed by atoms with Crippen molar-refractivity contribution in [3.8, 4) is 55.6 Å². The molecule has 1 spiro atoms. The second-order valence-corrected chi connectivity index (χ2v) is 17.5. The maximum atomic E-state index is 2.55. The maximum Gasteiger partial charge on any atom is 0.0540 e. The van der Waals surface area contributed by atoms with Crippen molar-refractivity contribution in [3.05, 3.63) is 236 Å². The second kappa shape index (κ2) is 15.5. The zero-order valence-corrected chi connectivity index (χ0v) is 35.3. The average molecular weight is 806 g/mol. The van der Waals surface area contributed by atoms with Crippen molar-refractivity contribution in [3.63, 3.8) is 0 Å². The fraction of sp³-hybridized carbons (Fsp3) is 0.0968. The van der Waals surface area contributed by atoms with Gasteiger partial charge in [0.15, 0.2) is 0 Å². The first-order chi connectivity index (χ1) is 31.2. The monoisotopic (exact) mass is 805 g/mol. The largest absolute Gasteiger partial charge is 0.310 e. The minimum absolute atomic E-state index is 0.0418. The topological polar surface area (TPSA) is 3.24 Å². The summed E-state index contributed by atoms with van der Waals surface area (Å²) >= 11 is 0. The number of fused-ring (bicyclic) bond motifs is 8. The number of benzene rings is 10. The Labute approximate surface area is 370 Å². The third-order valence-electron chi connectivity index (χ3n) is 14.1. The fourth-order valence-electron chi connectivity index (χ4n) is 11.2. The van der Waals surface area contributed by atoms with Gasteiger partial charge in [0.2, 0.25) is 0 Å². The van der Waals surface area contributed by atoms with Crippen LogP contribution in [0.25, 0.3) is 77.2 Å². The van der Waals surface area contributed by atoms with E-state index in [9.17, 15) is 0 Å². The van der Waals surface area contributed by atoms with E-state index in [2.05, 4.69) is 229 Å². The molecule has 10 aromatic carbocycles. The van der Waals surface area contributed by atoms with Gasteiger partial charge < -0.3 is 4.90 Å². The van der Waals surface area contributed by atoms with Crippen molar-refractivity contribution >= 4 is 38.6 Å². The smallest absolute Gasteiger partial charge is 0.0540 e. The lowest BCUT2D eigenvalue weighted by molar-refractivity contribution is 0.353. The molecule has 0 bridgehead atoms. The number of para-hydroxylation sites is 1. The Morgan fingerprint density at radius 3 is 1.59 bits per heavy atom. The van der Waals surface area contributed by atoms with Crippen LogP contribution in [0.4, 0.5) is 17.1 Å². The first kappa shape index (κ1) is 37.3. The van der Waals surface area contributed by atoms with E-state index in [0.717, 1.165) is 11.4 Å². The van der Waals surface area contributed by atoms with Crippen LogP contribution in [-0.4, -0.2) is 0 Å². The molecule has 0 unspecified atom stereocenters. The van der Waals surface area contributed by atoms with Gasteiger partial charge in [-0.1, -0.05) is 207 Å². The quantitative estimate of drug-likeness (QED) is 0.145. The Kier molecular flexibility index (Phi) is 9.15. The van der Waals surface area contributed by atoms with Gasteiger partial charge in [-0.25, -0.2) is 0 Å². The summed E-state index contributed by atoms with van der Waals surface area (Å²) in [6, 6.07) is 83.5. The molecule has 2 aliphatic rings. The van der Waals surface area contributed by atoms with Gasteiger partial charge in [0, 0.05) is 22.4 Å². The average Bonchev–Trinajstić information content (AvgIpc) is 3.62. The molecule has 300 valence electrons. The van der Waals surface area contributed by atoms with Gasteiger partial charge in [0.1, 0.15) is 0 Å². The molecule has 1 fully saturated rings. The van der Waals surface area contributed by atoms with Gasteiger partial charge in [-0.3, -0.25) is 0 Å². The number of nitrogens with zero attached hydrogens (tertiary/aromatic N) is 1. The lowest BCUT2D eigenvalue weighted by Gasteiger charge is -2.37. The Hall–Kier alpha value is -7.48. The summed E-state index contributed by atoms with van der Waals surface area (Å²) in [5, 5.41) is 5.11. The molecule has 10 aromatic rings. The first-order valence-corrected chi connectivity index (χ1v) is 22.6. The lowest BCUT2D eigenvalue weighted by Crippen LogP contribution is -2.28. The molecule has 0 aromatic heterocycles. The van der Waals surface area contributed by atoms with Gasteiger partial charge in [-0.2, -0.15) is 0 Å². The van der Waals surface area contributed by atoms with Crippen molar-refractivity contribution in [2.45, 2.75) is 37.5 Å². The molecule has 12 rings (SSSR count). The predicted octanol–water partition coefficient (Wildman–Crippen LogP) is 17.4. The standard InChI is InChI=1S/C62H47N/c1-3-19-43(20-4-1)48-22-7-8-24-50(48)52-26-10-11-27-53(52)57-30-14-16-32-61(57)63(47-37-38-56-55-29-13-15-31-59(55)62(60(56)42-47)39-17-2-18-40-62)46-35-33-44(34-36-46)58-41-45-21-5-6-23-49(45)51-25-9-12-28-54(51)58/h1,3-16,19-38,41-42H,2,17-18,39-40H2. The molecule has 0 radical (unpaired) electrons. The molecule has 1 nitrogen and oxygen atoms in total. The van der Waals surface area contributed by atoms with E-state index in [1.54, 1.807) is 0 Å². The summed E-state index contributed by atoms with van der Waals surface area (Å²) in [4.78, 5) is 2.53. The van der Waals surface area contributed by atoms with Crippen LogP contribution in [0.2, 0.25) is 0 Å². The highest BCUT2D eigenvalue weighted by Crippen LogP contribution is 2.57. The van der Waals surface area contributed by atoms with Crippen molar-refractivity contribution < 1.29 is 0 Å². The number of hydrogen-bond acceptors (Lipinski definition) is 1. The predicted molar refractivity (Wildman–Crippen MR) is 267 cm³/mol. The number of anilines is 3. The molecule has 0 heterocycles. The summed E-state index contributed by atoms with van der Waals surface area (Å²) in [7, 11) is 0. The highest BCUT2D eigenvalue weighted by atomic mass is 15.1. The molecule has 0 amide bonds. The summed E-state index contributed by atoms with van der Waals surface area (Å²) < 4.78 is 0. The molecular formula is C62H47N. The van der Waals surface area contributed by atoms with E-state index < -0.39 is 0 Å². The van der Waals surface area contributed by atoms with E-state index in [-0.39, 0.29) is 5.41 Å². The van der Waals surface area contributed by atoms with Crippen LogP contribution in [-0.2, 0) is 5.41 Å². The van der Waals surface area contributed by atoms with Crippen LogP contribution in [0.5, 0.6) is 0 Å². The highest BCUT2D eigenvalue weighted by Gasteiger charge is 2.44. The van der Waals surface area contributed by atoms with Gasteiger partial charge in [-0.05, 0) is 132 Å². The highest BCUT2D eigenvalue weighted by molar-refractivity contribution is 6.14. The number of rotatable bonds is 7. The zero-order valence-electron chi connectivity index (χ0n) is 35.3. The van der Waals surface area contributed by atoms with E-state index in [4.69, 9.17) is 0 Å². The summed E-state index contributed by atoms with van der Waals surface area (Å²) in [5.41, 5.74) is 19.1. The van der Waals surface area contributed by atoms with Crippen LogP contribution in [0.1, 0.15) is 43.2 Å². The fourth-order valence-corrected chi connectivity index (χ4v) is 11.2. The van der Waals surface area contributed by atoms with Crippen LogP contribution < -0.4 is 4.90 Å². The van der Waals surface area contributed by atoms with Crippen LogP contribution >= 0.6 is 0 Å².